The molecule has 0 heterocycles. The van der Waals surface area contributed by atoms with Crippen LogP contribution in [0.2, 0.25) is 0 Å². The Labute approximate surface area is 157 Å². The number of hydrogen-bond donors (Lipinski definition) is 0. The number of carbonyl (C=O) groups excluding carboxylic acids is 1. The molecule has 1 heteroatoms. The van der Waals surface area contributed by atoms with E-state index < -0.39 is 0 Å². The van der Waals surface area contributed by atoms with Gasteiger partial charge in [0.15, 0.2) is 0 Å². The minimum atomic E-state index is 0.902. The average Bonchev–Trinajstić information content (AvgIpc) is 2.63. The SMILES string of the molecule is CC#CCCC/C=C\C.CCC/C=C/CC/C(C=O)=C(\C)CCCC. The van der Waals surface area contributed by atoms with Gasteiger partial charge in [-0.25, -0.2) is 0 Å². The van der Waals surface area contributed by atoms with Crippen LogP contribution in [-0.4, -0.2) is 6.29 Å². The molecule has 0 radical (unpaired) electrons. The first-order chi connectivity index (χ1) is 12.2. The lowest BCUT2D eigenvalue weighted by molar-refractivity contribution is -0.105. The van der Waals surface area contributed by atoms with Crippen molar-refractivity contribution in [1.29, 1.82) is 0 Å². The normalized spacial score (nSPS) is 11.6. The van der Waals surface area contributed by atoms with E-state index in [9.17, 15) is 4.79 Å². The Morgan fingerprint density at radius 3 is 2.20 bits per heavy atom. The number of hydrogen-bond acceptors (Lipinski definition) is 1. The van der Waals surface area contributed by atoms with E-state index in [1.807, 2.05) is 13.8 Å². The number of carbonyl (C=O) groups is 1. The summed E-state index contributed by atoms with van der Waals surface area (Å²) in [5, 5.41) is 0. The van der Waals surface area contributed by atoms with Crippen LogP contribution in [0.1, 0.15) is 98.8 Å². The van der Waals surface area contributed by atoms with E-state index in [1.54, 1.807) is 0 Å². The first-order valence-corrected chi connectivity index (χ1v) is 9.97. The Morgan fingerprint density at radius 1 is 0.920 bits per heavy atom. The van der Waals surface area contributed by atoms with E-state index in [1.165, 1.54) is 37.7 Å². The van der Waals surface area contributed by atoms with Crippen molar-refractivity contribution >= 4 is 6.29 Å². The maximum atomic E-state index is 10.9. The number of unbranched alkanes of at least 4 members (excludes halogenated alkanes) is 4. The van der Waals surface area contributed by atoms with Gasteiger partial charge in [0.05, 0.1) is 0 Å². The summed E-state index contributed by atoms with van der Waals surface area (Å²) in [6, 6.07) is 0. The summed E-state index contributed by atoms with van der Waals surface area (Å²) in [6.45, 7) is 10.4. The van der Waals surface area contributed by atoms with Gasteiger partial charge in [-0.05, 0) is 71.3 Å². The summed E-state index contributed by atoms with van der Waals surface area (Å²) in [5.74, 6) is 5.89. The zero-order valence-electron chi connectivity index (χ0n) is 17.4. The van der Waals surface area contributed by atoms with E-state index >= 15 is 0 Å². The zero-order valence-corrected chi connectivity index (χ0v) is 17.4. The Bertz CT molecular complexity index is 440. The zero-order chi connectivity index (χ0) is 19.2. The number of rotatable bonds is 12. The van der Waals surface area contributed by atoms with Crippen molar-refractivity contribution in [2.24, 2.45) is 0 Å². The van der Waals surface area contributed by atoms with Gasteiger partial charge in [-0.3, -0.25) is 4.79 Å². The highest BCUT2D eigenvalue weighted by atomic mass is 16.1. The van der Waals surface area contributed by atoms with Gasteiger partial charge in [-0.2, -0.15) is 0 Å². The minimum absolute atomic E-state index is 0.902. The van der Waals surface area contributed by atoms with Crippen LogP contribution in [-0.2, 0) is 4.79 Å². The van der Waals surface area contributed by atoms with Crippen molar-refractivity contribution in [3.8, 4) is 11.8 Å². The Hall–Kier alpha value is -1.55. The molecule has 0 rings (SSSR count). The summed E-state index contributed by atoms with van der Waals surface area (Å²) in [6.07, 6.45) is 20.8. The van der Waals surface area contributed by atoms with Crippen LogP contribution < -0.4 is 0 Å². The van der Waals surface area contributed by atoms with Crippen molar-refractivity contribution in [2.45, 2.75) is 98.8 Å². The highest BCUT2D eigenvalue weighted by Crippen LogP contribution is 2.15. The Morgan fingerprint density at radius 2 is 1.64 bits per heavy atom. The molecule has 0 aromatic rings. The lowest BCUT2D eigenvalue weighted by Gasteiger charge is -2.04. The average molecular weight is 345 g/mol. The third-order valence-electron chi connectivity index (χ3n) is 3.88. The highest BCUT2D eigenvalue weighted by molar-refractivity contribution is 5.74. The molecule has 25 heavy (non-hydrogen) atoms. The largest absolute Gasteiger partial charge is 0.298 e. The molecular weight excluding hydrogens is 304 g/mol. The summed E-state index contributed by atoms with van der Waals surface area (Å²) in [4.78, 5) is 10.9. The fourth-order valence-corrected chi connectivity index (χ4v) is 2.22. The lowest BCUT2D eigenvalue weighted by atomic mass is 10.0. The molecule has 0 aliphatic rings. The van der Waals surface area contributed by atoms with Gasteiger partial charge in [0.25, 0.3) is 0 Å². The molecular formula is C24H40O. The molecule has 142 valence electrons. The maximum absolute atomic E-state index is 10.9. The lowest BCUT2D eigenvalue weighted by Crippen LogP contribution is -1.91. The summed E-state index contributed by atoms with van der Waals surface area (Å²) >= 11 is 0. The third kappa shape index (κ3) is 20.4. The standard InChI is InChI=1S/C15H26O.C9H14/c1-4-6-8-9-10-12-15(13-16)14(3)11-7-5-2;1-3-5-7-9-8-6-4-2/h8-9,13H,4-7,10-12H2,1-3H3;3,5H,7-9H2,1-2H3/b9-8+,15-14-;5-3-. The van der Waals surface area contributed by atoms with E-state index in [-0.39, 0.29) is 0 Å². The summed E-state index contributed by atoms with van der Waals surface area (Å²) in [7, 11) is 0. The molecule has 0 atom stereocenters. The smallest absolute Gasteiger partial charge is 0.145 e. The second-order valence-electron chi connectivity index (χ2n) is 6.21. The maximum Gasteiger partial charge on any atom is 0.145 e. The first kappa shape index (κ1) is 25.7. The monoisotopic (exact) mass is 344 g/mol. The molecule has 1 nitrogen and oxygen atoms in total. The van der Waals surface area contributed by atoms with Crippen molar-refractivity contribution < 1.29 is 4.79 Å². The highest BCUT2D eigenvalue weighted by Gasteiger charge is 2.00. The van der Waals surface area contributed by atoms with Gasteiger partial charge in [-0.15, -0.1) is 11.8 Å². The van der Waals surface area contributed by atoms with Crippen LogP contribution in [0.25, 0.3) is 0 Å². The van der Waals surface area contributed by atoms with Gasteiger partial charge in [0.1, 0.15) is 6.29 Å². The molecule has 0 saturated carbocycles. The molecule has 0 bridgehead atoms. The van der Waals surface area contributed by atoms with Crippen LogP contribution in [0.3, 0.4) is 0 Å². The minimum Gasteiger partial charge on any atom is -0.298 e. The quantitative estimate of drug-likeness (QED) is 0.117. The Balaban J connectivity index is 0. The summed E-state index contributed by atoms with van der Waals surface area (Å²) in [5.41, 5.74) is 2.29. The van der Waals surface area contributed by atoms with E-state index in [0.29, 0.717) is 0 Å². The first-order valence-electron chi connectivity index (χ1n) is 9.97. The summed E-state index contributed by atoms with van der Waals surface area (Å²) < 4.78 is 0. The second-order valence-corrected chi connectivity index (χ2v) is 6.21. The second kappa shape index (κ2) is 22.4. The van der Waals surface area contributed by atoms with Crippen molar-refractivity contribution in [2.75, 3.05) is 0 Å². The van der Waals surface area contributed by atoms with Crippen LogP contribution in [0, 0.1) is 11.8 Å². The van der Waals surface area contributed by atoms with Crippen LogP contribution >= 0.6 is 0 Å². The molecule has 0 saturated heterocycles. The van der Waals surface area contributed by atoms with Crippen LogP contribution in [0.4, 0.5) is 0 Å². The van der Waals surface area contributed by atoms with Crippen molar-refractivity contribution in [3.05, 3.63) is 35.5 Å². The van der Waals surface area contributed by atoms with E-state index in [0.717, 1.165) is 44.0 Å². The van der Waals surface area contributed by atoms with Crippen LogP contribution in [0.15, 0.2) is 35.5 Å². The molecule has 0 aromatic carbocycles. The van der Waals surface area contributed by atoms with Gasteiger partial charge < -0.3 is 0 Å². The van der Waals surface area contributed by atoms with Gasteiger partial charge >= 0.3 is 0 Å². The molecule has 0 amide bonds. The molecule has 0 unspecified atom stereocenters. The van der Waals surface area contributed by atoms with Crippen molar-refractivity contribution in [1.82, 2.24) is 0 Å². The molecule has 0 fully saturated rings. The fraction of sp³-hybridized carbons (Fsp3) is 0.625. The van der Waals surface area contributed by atoms with Crippen molar-refractivity contribution in [3.63, 3.8) is 0 Å². The molecule has 0 aromatic heterocycles. The molecule has 0 aliphatic heterocycles. The fourth-order valence-electron chi connectivity index (χ4n) is 2.22. The molecule has 0 spiro atoms. The third-order valence-corrected chi connectivity index (χ3v) is 3.88. The molecule has 0 N–H and O–H groups in total. The topological polar surface area (TPSA) is 17.1 Å². The van der Waals surface area contributed by atoms with Gasteiger partial charge in [0, 0.05) is 6.42 Å². The predicted octanol–water partition coefficient (Wildman–Crippen LogP) is 7.58. The van der Waals surface area contributed by atoms with Crippen LogP contribution in [0.5, 0.6) is 0 Å². The van der Waals surface area contributed by atoms with E-state index in [2.05, 4.69) is 56.9 Å². The van der Waals surface area contributed by atoms with Gasteiger partial charge in [-0.1, -0.05) is 56.6 Å². The molecule has 0 aliphatic carbocycles. The predicted molar refractivity (Wildman–Crippen MR) is 114 cm³/mol. The number of allylic oxidation sites excluding steroid dienone is 6. The van der Waals surface area contributed by atoms with Gasteiger partial charge in [0.2, 0.25) is 0 Å². The van der Waals surface area contributed by atoms with E-state index in [4.69, 9.17) is 0 Å². The Kier molecular flexibility index (Phi) is 23.1. The number of aldehydes is 1.